The van der Waals surface area contributed by atoms with E-state index in [2.05, 4.69) is 4.90 Å². The average Bonchev–Trinajstić information content (AvgIpc) is 3.17. The smallest absolute Gasteiger partial charge is 0.348 e. The maximum absolute atomic E-state index is 13.7. The summed E-state index contributed by atoms with van der Waals surface area (Å²) in [5, 5.41) is 10.7. The number of amidine groups is 1. The Bertz CT molecular complexity index is 1210. The number of carbonyl (C=O) groups is 1. The summed E-state index contributed by atoms with van der Waals surface area (Å²) >= 11 is 1.17. The first-order valence-electron chi connectivity index (χ1n) is 10.9. The van der Waals surface area contributed by atoms with Gasteiger partial charge in [-0.1, -0.05) is 12.1 Å². The van der Waals surface area contributed by atoms with Crippen molar-refractivity contribution in [3.8, 4) is 11.1 Å². The van der Waals surface area contributed by atoms with Gasteiger partial charge in [-0.25, -0.2) is 19.2 Å². The summed E-state index contributed by atoms with van der Waals surface area (Å²) in [6.45, 7) is 4.60. The van der Waals surface area contributed by atoms with E-state index in [1.165, 1.54) is 23.5 Å². The molecule has 3 aromatic rings. The highest BCUT2D eigenvalue weighted by Crippen LogP contribution is 2.46. The largest absolute Gasteiger partial charge is 0.477 e. The van der Waals surface area contributed by atoms with Gasteiger partial charge in [-0.2, -0.15) is 0 Å². The van der Waals surface area contributed by atoms with Crippen molar-refractivity contribution >= 4 is 39.0 Å². The number of aryl methyl sites for hydroxylation is 1. The Morgan fingerprint density at radius 3 is 2.62 bits per heavy atom. The molecule has 1 aromatic carbocycles. The molecule has 0 atom stereocenters. The number of rotatable bonds is 3. The first-order valence-corrected chi connectivity index (χ1v) is 11.7. The molecule has 2 aliphatic rings. The van der Waals surface area contributed by atoms with E-state index in [4.69, 9.17) is 14.7 Å². The van der Waals surface area contributed by atoms with Crippen LogP contribution in [0.5, 0.6) is 0 Å². The number of aromatic carboxylic acids is 1. The van der Waals surface area contributed by atoms with Crippen LogP contribution in [0.4, 0.5) is 10.1 Å². The molecule has 166 valence electrons. The maximum Gasteiger partial charge on any atom is 0.348 e. The van der Waals surface area contributed by atoms with Crippen molar-refractivity contribution in [2.45, 2.75) is 32.6 Å². The van der Waals surface area contributed by atoms with Crippen molar-refractivity contribution in [2.75, 3.05) is 26.3 Å². The summed E-state index contributed by atoms with van der Waals surface area (Å²) in [6, 6.07) is 6.42. The Hall–Kier alpha value is -2.84. The van der Waals surface area contributed by atoms with Gasteiger partial charge in [0.15, 0.2) is 0 Å². The van der Waals surface area contributed by atoms with Crippen LogP contribution in [-0.2, 0) is 17.6 Å². The lowest BCUT2D eigenvalue weighted by Gasteiger charge is -2.28. The summed E-state index contributed by atoms with van der Waals surface area (Å²) < 4.78 is 19.1. The maximum atomic E-state index is 13.7. The molecule has 0 amide bonds. The number of carboxylic acid groups (broad SMARTS) is 1. The Kier molecular flexibility index (Phi) is 5.65. The number of hydrogen-bond acceptors (Lipinski definition) is 5. The Balaban J connectivity index is 1.79. The second-order valence-electron chi connectivity index (χ2n) is 8.15. The fraction of sp³-hybridized carbons (Fsp3) is 0.375. The van der Waals surface area contributed by atoms with Crippen LogP contribution in [0.2, 0.25) is 0 Å². The van der Waals surface area contributed by atoms with E-state index >= 15 is 0 Å². The van der Waals surface area contributed by atoms with E-state index in [1.54, 1.807) is 12.1 Å². The number of ether oxygens (including phenoxy) is 1. The molecule has 8 heteroatoms. The van der Waals surface area contributed by atoms with Crippen LogP contribution in [0, 0.1) is 5.82 Å². The van der Waals surface area contributed by atoms with E-state index in [0.29, 0.717) is 23.7 Å². The van der Waals surface area contributed by atoms with Gasteiger partial charge in [0.2, 0.25) is 0 Å². The van der Waals surface area contributed by atoms with Gasteiger partial charge in [-0.3, -0.25) is 0 Å². The Labute approximate surface area is 189 Å². The predicted octanol–water partition coefficient (Wildman–Crippen LogP) is 5.06. The third kappa shape index (κ3) is 3.78. The predicted molar refractivity (Wildman–Crippen MR) is 124 cm³/mol. The summed E-state index contributed by atoms with van der Waals surface area (Å²) in [5.41, 5.74) is 4.41. The molecule has 6 nitrogen and oxygen atoms in total. The molecule has 0 bridgehead atoms. The van der Waals surface area contributed by atoms with Crippen molar-refractivity contribution in [2.24, 2.45) is 4.99 Å². The number of thiophene rings is 1. The molecule has 1 aliphatic carbocycles. The van der Waals surface area contributed by atoms with Crippen molar-refractivity contribution in [3.63, 3.8) is 0 Å². The SMILES string of the molecule is CC(=Nc1c(C(=O)O)sc2nc3c(c(-c4ccc(F)cc4)c12)CCCC3)N1CCOCC1. The molecule has 2 aromatic heterocycles. The van der Waals surface area contributed by atoms with Crippen LogP contribution in [0.15, 0.2) is 29.3 Å². The lowest BCUT2D eigenvalue weighted by Crippen LogP contribution is -2.39. The van der Waals surface area contributed by atoms with Gasteiger partial charge in [0.1, 0.15) is 27.0 Å². The molecule has 32 heavy (non-hydrogen) atoms. The van der Waals surface area contributed by atoms with Gasteiger partial charge in [0.25, 0.3) is 0 Å². The third-order valence-electron chi connectivity index (χ3n) is 6.16. The van der Waals surface area contributed by atoms with E-state index < -0.39 is 5.97 Å². The van der Waals surface area contributed by atoms with Gasteiger partial charge in [-0.05, 0) is 61.4 Å². The number of halogens is 1. The number of nitrogens with zero attached hydrogens (tertiary/aromatic N) is 3. The molecule has 1 N–H and O–H groups in total. The number of hydrogen-bond donors (Lipinski definition) is 1. The monoisotopic (exact) mass is 453 g/mol. The van der Waals surface area contributed by atoms with E-state index in [-0.39, 0.29) is 10.7 Å². The van der Waals surface area contributed by atoms with Gasteiger partial charge >= 0.3 is 5.97 Å². The molecule has 5 rings (SSSR count). The van der Waals surface area contributed by atoms with Gasteiger partial charge in [-0.15, -0.1) is 11.3 Å². The second kappa shape index (κ2) is 8.60. The third-order valence-corrected chi connectivity index (χ3v) is 7.22. The van der Waals surface area contributed by atoms with Crippen LogP contribution in [0.25, 0.3) is 21.3 Å². The fourth-order valence-electron chi connectivity index (χ4n) is 4.58. The number of benzene rings is 1. The zero-order valence-electron chi connectivity index (χ0n) is 17.9. The zero-order chi connectivity index (χ0) is 22.2. The number of pyridine rings is 1. The molecule has 0 unspecified atom stereocenters. The minimum absolute atomic E-state index is 0.186. The highest BCUT2D eigenvalue weighted by molar-refractivity contribution is 7.21. The van der Waals surface area contributed by atoms with Crippen LogP contribution < -0.4 is 0 Å². The second-order valence-corrected chi connectivity index (χ2v) is 9.15. The van der Waals surface area contributed by atoms with E-state index in [0.717, 1.165) is 72.4 Å². The lowest BCUT2D eigenvalue weighted by molar-refractivity contribution is 0.0677. The van der Waals surface area contributed by atoms with Crippen LogP contribution in [0.3, 0.4) is 0 Å². The van der Waals surface area contributed by atoms with E-state index in [1.807, 2.05) is 6.92 Å². The lowest BCUT2D eigenvalue weighted by atomic mass is 9.87. The molecule has 0 spiro atoms. The number of aliphatic imine (C=N–C) groups is 1. The summed E-state index contributed by atoms with van der Waals surface area (Å²) in [7, 11) is 0. The standard InChI is InChI=1S/C24H24FN3O3S/c1-14(28-10-12-31-13-11-28)26-21-20-19(15-6-8-16(25)9-7-15)17-4-2-3-5-18(17)27-23(20)32-22(21)24(29)30/h6-9H,2-5,10-13H2,1H3,(H,29,30). The average molecular weight is 454 g/mol. The van der Waals surface area contributed by atoms with Gasteiger partial charge in [0.05, 0.1) is 13.2 Å². The van der Waals surface area contributed by atoms with Crippen molar-refractivity contribution in [3.05, 3.63) is 46.2 Å². The van der Waals surface area contributed by atoms with Crippen LogP contribution >= 0.6 is 11.3 Å². The molecule has 1 saturated heterocycles. The summed E-state index contributed by atoms with van der Waals surface area (Å²) in [5.74, 6) is -0.548. The highest BCUT2D eigenvalue weighted by Gasteiger charge is 2.27. The number of morpholine rings is 1. The summed E-state index contributed by atoms with van der Waals surface area (Å²) in [4.78, 5) is 24.9. The molecule has 1 fully saturated rings. The zero-order valence-corrected chi connectivity index (χ0v) is 18.7. The quantitative estimate of drug-likeness (QED) is 0.443. The first-order chi connectivity index (χ1) is 15.5. The van der Waals surface area contributed by atoms with Crippen molar-refractivity contribution in [1.29, 1.82) is 0 Å². The van der Waals surface area contributed by atoms with Gasteiger partial charge in [0, 0.05) is 24.2 Å². The number of aromatic nitrogens is 1. The fourth-order valence-corrected chi connectivity index (χ4v) is 5.56. The minimum atomic E-state index is -1.01. The molecule has 3 heterocycles. The number of carboxylic acids is 1. The molecule has 0 saturated carbocycles. The van der Waals surface area contributed by atoms with Crippen molar-refractivity contribution < 1.29 is 19.0 Å². The normalized spacial score (nSPS) is 16.9. The topological polar surface area (TPSA) is 75.0 Å². The minimum Gasteiger partial charge on any atom is -0.477 e. The molecular formula is C24H24FN3O3S. The molecule has 0 radical (unpaired) electrons. The molecule has 1 aliphatic heterocycles. The van der Waals surface area contributed by atoms with Gasteiger partial charge < -0.3 is 14.7 Å². The van der Waals surface area contributed by atoms with E-state index in [9.17, 15) is 14.3 Å². The van der Waals surface area contributed by atoms with Crippen LogP contribution in [0.1, 0.15) is 40.7 Å². The number of fused-ring (bicyclic) bond motifs is 2. The first kappa shape index (κ1) is 21.0. The highest BCUT2D eigenvalue weighted by atomic mass is 32.1. The Morgan fingerprint density at radius 1 is 1.19 bits per heavy atom. The van der Waals surface area contributed by atoms with Crippen LogP contribution in [-0.4, -0.2) is 53.1 Å². The van der Waals surface area contributed by atoms with Crippen molar-refractivity contribution in [1.82, 2.24) is 9.88 Å². The Morgan fingerprint density at radius 2 is 1.91 bits per heavy atom. The summed E-state index contributed by atoms with van der Waals surface area (Å²) in [6.07, 6.45) is 3.85. The molecular weight excluding hydrogens is 429 g/mol.